The van der Waals surface area contributed by atoms with Crippen LogP contribution in [0.2, 0.25) is 0 Å². The molecule has 2 saturated carbocycles. The first-order valence-electron chi connectivity index (χ1n) is 7.00. The first-order chi connectivity index (χ1) is 8.35. The summed E-state index contributed by atoms with van der Waals surface area (Å²) in [5.41, 5.74) is 0. The molecule has 2 N–H and O–H groups in total. The second kappa shape index (κ2) is 4.81. The van der Waals surface area contributed by atoms with E-state index in [2.05, 4.69) is 22.3 Å². The minimum Gasteiger partial charge on any atom is -0.349 e. The topological polar surface area (TPSA) is 40.7 Å². The van der Waals surface area contributed by atoms with Gasteiger partial charge >= 0.3 is 0 Å². The predicted octanol–water partition coefficient (Wildman–Crippen LogP) is 2.37. The summed E-state index contributed by atoms with van der Waals surface area (Å²) in [6.45, 7) is 0. The molecule has 1 heterocycles. The maximum atomic E-state index is 4.33. The number of hydrogen-bond acceptors (Lipinski definition) is 2. The third kappa shape index (κ3) is 2.39. The molecule has 4 atom stereocenters. The van der Waals surface area contributed by atoms with Gasteiger partial charge in [-0.2, -0.15) is 0 Å². The van der Waals surface area contributed by atoms with Crippen LogP contribution in [-0.4, -0.2) is 23.1 Å². The van der Waals surface area contributed by atoms with Crippen LogP contribution < -0.4 is 5.32 Å². The lowest BCUT2D eigenvalue weighted by atomic mass is 9.83. The summed E-state index contributed by atoms with van der Waals surface area (Å²) < 4.78 is 0. The molecule has 1 aromatic heterocycles. The van der Waals surface area contributed by atoms with E-state index >= 15 is 0 Å². The monoisotopic (exact) mass is 233 g/mol. The Bertz CT molecular complexity index is 346. The van der Waals surface area contributed by atoms with Crippen LogP contribution in [0.15, 0.2) is 12.4 Å². The van der Waals surface area contributed by atoms with E-state index in [1.54, 1.807) is 0 Å². The molecule has 1 aromatic rings. The summed E-state index contributed by atoms with van der Waals surface area (Å²) >= 11 is 0. The molecule has 4 unspecified atom stereocenters. The molecule has 2 fully saturated rings. The molecule has 2 aliphatic carbocycles. The fraction of sp³-hybridized carbons (Fsp3) is 0.786. The number of hydrogen-bond donors (Lipinski definition) is 2. The summed E-state index contributed by atoms with van der Waals surface area (Å²) in [4.78, 5) is 7.54. The Kier molecular flexibility index (Phi) is 3.19. The first kappa shape index (κ1) is 11.3. The van der Waals surface area contributed by atoms with Gasteiger partial charge in [0.15, 0.2) is 0 Å². The summed E-state index contributed by atoms with van der Waals surface area (Å²) in [5, 5.41) is 3.47. The van der Waals surface area contributed by atoms with Gasteiger partial charge < -0.3 is 10.3 Å². The molecule has 0 amide bonds. The van der Waals surface area contributed by atoms with Crippen molar-refractivity contribution in [3.05, 3.63) is 18.2 Å². The molecule has 0 spiro atoms. The van der Waals surface area contributed by atoms with Crippen molar-refractivity contribution in [2.45, 2.75) is 44.6 Å². The lowest BCUT2D eigenvalue weighted by molar-refractivity contribution is 0.280. The number of nitrogens with one attached hydrogen (secondary N) is 2. The van der Waals surface area contributed by atoms with Gasteiger partial charge in [-0.05, 0) is 50.5 Å². The van der Waals surface area contributed by atoms with E-state index in [9.17, 15) is 0 Å². The molecular weight excluding hydrogens is 210 g/mol. The van der Waals surface area contributed by atoms with Gasteiger partial charge in [-0.15, -0.1) is 0 Å². The number of aromatic nitrogens is 2. The van der Waals surface area contributed by atoms with Crippen LogP contribution in [0, 0.1) is 17.8 Å². The molecule has 94 valence electrons. The quantitative estimate of drug-likeness (QED) is 0.819. The van der Waals surface area contributed by atoms with Gasteiger partial charge in [0.25, 0.3) is 0 Å². The Labute approximate surface area is 103 Å². The molecular formula is C14H23N3. The lowest BCUT2D eigenvalue weighted by Crippen LogP contribution is -2.31. The smallest absolute Gasteiger partial charge is 0.107 e. The number of H-pyrrole nitrogens is 1. The highest BCUT2D eigenvalue weighted by Crippen LogP contribution is 2.49. The fourth-order valence-corrected chi connectivity index (χ4v) is 3.98. The van der Waals surface area contributed by atoms with Gasteiger partial charge in [0.1, 0.15) is 5.82 Å². The number of nitrogens with zero attached hydrogens (tertiary/aromatic N) is 1. The molecule has 2 aliphatic rings. The summed E-state index contributed by atoms with van der Waals surface area (Å²) in [6.07, 6.45) is 12.1. The third-order valence-corrected chi connectivity index (χ3v) is 4.87. The van der Waals surface area contributed by atoms with Crippen molar-refractivity contribution in [3.63, 3.8) is 0 Å². The normalized spacial score (nSPS) is 33.1. The van der Waals surface area contributed by atoms with Crippen molar-refractivity contribution in [2.24, 2.45) is 17.8 Å². The largest absolute Gasteiger partial charge is 0.349 e. The third-order valence-electron chi connectivity index (χ3n) is 4.87. The van der Waals surface area contributed by atoms with Crippen LogP contribution in [0.5, 0.6) is 0 Å². The van der Waals surface area contributed by atoms with Crippen LogP contribution in [0.25, 0.3) is 0 Å². The van der Waals surface area contributed by atoms with Crippen molar-refractivity contribution < 1.29 is 0 Å². The highest BCUT2D eigenvalue weighted by Gasteiger charge is 2.39. The van der Waals surface area contributed by atoms with Crippen molar-refractivity contribution in [3.8, 4) is 0 Å². The average molecular weight is 233 g/mol. The zero-order valence-corrected chi connectivity index (χ0v) is 10.7. The van der Waals surface area contributed by atoms with Gasteiger partial charge in [-0.25, -0.2) is 4.98 Å². The molecule has 3 heteroatoms. The highest BCUT2D eigenvalue weighted by molar-refractivity contribution is 4.95. The Hall–Kier alpha value is -0.830. The SMILES string of the molecule is CNC(Cc1ncc[nH]1)CC1CC2CCC1C2. The summed E-state index contributed by atoms with van der Waals surface area (Å²) in [5.74, 6) is 4.19. The van der Waals surface area contributed by atoms with Gasteiger partial charge in [-0.1, -0.05) is 6.42 Å². The maximum absolute atomic E-state index is 4.33. The number of rotatable bonds is 5. The second-order valence-corrected chi connectivity index (χ2v) is 5.90. The van der Waals surface area contributed by atoms with Crippen molar-refractivity contribution in [1.29, 1.82) is 0 Å². The van der Waals surface area contributed by atoms with E-state index in [4.69, 9.17) is 0 Å². The van der Waals surface area contributed by atoms with Crippen molar-refractivity contribution >= 4 is 0 Å². The van der Waals surface area contributed by atoms with Crippen LogP contribution in [-0.2, 0) is 6.42 Å². The van der Waals surface area contributed by atoms with Crippen molar-refractivity contribution in [1.82, 2.24) is 15.3 Å². The maximum Gasteiger partial charge on any atom is 0.107 e. The predicted molar refractivity (Wildman–Crippen MR) is 68.7 cm³/mol. The zero-order valence-electron chi connectivity index (χ0n) is 10.7. The minimum atomic E-state index is 0.588. The Morgan fingerprint density at radius 2 is 2.41 bits per heavy atom. The highest BCUT2D eigenvalue weighted by atomic mass is 14.9. The number of aromatic amines is 1. The van der Waals surface area contributed by atoms with Gasteiger partial charge in [0, 0.05) is 24.9 Å². The van der Waals surface area contributed by atoms with E-state index in [0.29, 0.717) is 6.04 Å². The van der Waals surface area contributed by atoms with Crippen LogP contribution in [0.3, 0.4) is 0 Å². The summed E-state index contributed by atoms with van der Waals surface area (Å²) in [7, 11) is 2.08. The molecule has 2 bridgehead atoms. The molecule has 3 rings (SSSR count). The van der Waals surface area contributed by atoms with E-state index in [1.807, 2.05) is 12.4 Å². The number of fused-ring (bicyclic) bond motifs is 2. The van der Waals surface area contributed by atoms with Crippen LogP contribution in [0.1, 0.15) is 37.9 Å². The van der Waals surface area contributed by atoms with E-state index < -0.39 is 0 Å². The Morgan fingerprint density at radius 1 is 1.47 bits per heavy atom. The number of likely N-dealkylation sites (N-methyl/N-ethyl adjacent to an activating group) is 1. The van der Waals surface area contributed by atoms with Crippen molar-refractivity contribution in [2.75, 3.05) is 7.05 Å². The molecule has 0 aliphatic heterocycles. The molecule has 17 heavy (non-hydrogen) atoms. The average Bonchev–Trinajstić information content (AvgIpc) is 3.04. The van der Waals surface area contributed by atoms with Crippen LogP contribution in [0.4, 0.5) is 0 Å². The second-order valence-electron chi connectivity index (χ2n) is 5.90. The molecule has 3 nitrogen and oxygen atoms in total. The van der Waals surface area contributed by atoms with E-state index in [-0.39, 0.29) is 0 Å². The zero-order chi connectivity index (χ0) is 11.7. The Morgan fingerprint density at radius 3 is 3.00 bits per heavy atom. The molecule has 0 radical (unpaired) electrons. The fourth-order valence-electron chi connectivity index (χ4n) is 3.98. The van der Waals surface area contributed by atoms with Gasteiger partial charge in [-0.3, -0.25) is 0 Å². The summed E-state index contributed by atoms with van der Waals surface area (Å²) in [6, 6.07) is 0.588. The minimum absolute atomic E-state index is 0.588. The van der Waals surface area contributed by atoms with Gasteiger partial charge in [0.05, 0.1) is 0 Å². The van der Waals surface area contributed by atoms with Crippen LogP contribution >= 0.6 is 0 Å². The number of imidazole rings is 1. The first-order valence-corrected chi connectivity index (χ1v) is 7.00. The standard InChI is InChI=1S/C14H23N3/c1-15-13(9-14-16-4-5-17-14)8-12-7-10-2-3-11(12)6-10/h4-5,10-13,15H,2-3,6-9H2,1H3,(H,16,17). The Balaban J connectivity index is 1.55. The van der Waals surface area contributed by atoms with E-state index in [1.165, 1.54) is 32.1 Å². The van der Waals surface area contributed by atoms with E-state index in [0.717, 1.165) is 30.0 Å². The lowest BCUT2D eigenvalue weighted by Gasteiger charge is -2.26. The molecule has 0 aromatic carbocycles. The molecule has 0 saturated heterocycles. The van der Waals surface area contributed by atoms with Gasteiger partial charge in [0.2, 0.25) is 0 Å².